The Hall–Kier alpha value is -3.72. The lowest BCUT2D eigenvalue weighted by Crippen LogP contribution is -2.56. The molecule has 9 nitrogen and oxygen atoms in total. The number of hydrogen-bond donors (Lipinski definition) is 2. The van der Waals surface area contributed by atoms with Gasteiger partial charge in [-0.25, -0.2) is 9.78 Å². The fourth-order valence-electron chi connectivity index (χ4n) is 4.33. The Morgan fingerprint density at radius 3 is 2.35 bits per heavy atom. The van der Waals surface area contributed by atoms with Gasteiger partial charge in [-0.3, -0.25) is 9.59 Å². The SMILES string of the molecule is CC(C)C[C@H](NC(=O)N1CCOCC1)C(=O)NC(CCc1ccccc1)C(=O)c1nc2ccccc2o1. The highest BCUT2D eigenvalue weighted by Crippen LogP contribution is 2.18. The first-order valence-electron chi connectivity index (χ1n) is 12.8. The summed E-state index contributed by atoms with van der Waals surface area (Å²) in [6.07, 6.45) is 1.37. The largest absolute Gasteiger partial charge is 0.434 e. The molecule has 2 heterocycles. The average molecular weight is 507 g/mol. The van der Waals surface area contributed by atoms with Gasteiger partial charge in [-0.05, 0) is 42.9 Å². The second-order valence-electron chi connectivity index (χ2n) is 9.67. The first-order valence-corrected chi connectivity index (χ1v) is 12.8. The summed E-state index contributed by atoms with van der Waals surface area (Å²) in [6, 6.07) is 14.9. The smallest absolute Gasteiger partial charge is 0.318 e. The molecule has 2 N–H and O–H groups in total. The van der Waals surface area contributed by atoms with Crippen LogP contribution in [0.1, 0.15) is 42.9 Å². The van der Waals surface area contributed by atoms with Gasteiger partial charge in [0.1, 0.15) is 11.6 Å². The van der Waals surface area contributed by atoms with Crippen LogP contribution in [0.4, 0.5) is 4.79 Å². The maximum absolute atomic E-state index is 13.5. The van der Waals surface area contributed by atoms with Crippen molar-refractivity contribution in [1.29, 1.82) is 0 Å². The fraction of sp³-hybridized carbons (Fsp3) is 0.429. The lowest BCUT2D eigenvalue weighted by molar-refractivity contribution is -0.123. The van der Waals surface area contributed by atoms with Crippen LogP contribution in [0, 0.1) is 5.92 Å². The van der Waals surface area contributed by atoms with Crippen LogP contribution in [0.3, 0.4) is 0 Å². The Labute approximate surface area is 216 Å². The van der Waals surface area contributed by atoms with Crippen LogP contribution in [-0.2, 0) is 16.0 Å². The zero-order valence-corrected chi connectivity index (χ0v) is 21.3. The molecule has 37 heavy (non-hydrogen) atoms. The van der Waals surface area contributed by atoms with E-state index in [1.165, 1.54) is 0 Å². The molecule has 0 aliphatic carbocycles. The lowest BCUT2D eigenvalue weighted by atomic mass is 9.99. The number of carbonyl (C=O) groups excluding carboxylic acids is 3. The first-order chi connectivity index (χ1) is 17.9. The van der Waals surface area contributed by atoms with E-state index in [1.54, 1.807) is 17.0 Å². The van der Waals surface area contributed by atoms with Gasteiger partial charge in [0, 0.05) is 13.1 Å². The first kappa shape index (κ1) is 26.3. The van der Waals surface area contributed by atoms with Gasteiger partial charge in [-0.2, -0.15) is 0 Å². The standard InChI is InChI=1S/C28H34N4O5/c1-19(2)18-23(31-28(35)32-14-16-36-17-15-32)26(34)29-22(13-12-20-8-4-3-5-9-20)25(33)27-30-21-10-6-7-11-24(21)37-27/h3-11,19,22-23H,12-18H2,1-2H3,(H,29,34)(H,31,35)/t22?,23-/m0/s1. The zero-order valence-electron chi connectivity index (χ0n) is 21.3. The number of morpholine rings is 1. The molecule has 2 aromatic carbocycles. The third-order valence-electron chi connectivity index (χ3n) is 6.32. The van der Waals surface area contributed by atoms with Crippen LogP contribution >= 0.6 is 0 Å². The molecule has 3 amide bonds. The minimum atomic E-state index is -0.865. The van der Waals surface area contributed by atoms with Crippen LogP contribution in [0.25, 0.3) is 11.1 Å². The number of ether oxygens (including phenoxy) is 1. The monoisotopic (exact) mass is 506 g/mol. The molecule has 1 unspecified atom stereocenters. The van der Waals surface area contributed by atoms with Gasteiger partial charge < -0.3 is 24.7 Å². The minimum absolute atomic E-state index is 0.0441. The summed E-state index contributed by atoms with van der Waals surface area (Å²) in [5.41, 5.74) is 2.13. The van der Waals surface area contributed by atoms with Crippen LogP contribution in [0.2, 0.25) is 0 Å². The van der Waals surface area contributed by atoms with Gasteiger partial charge in [-0.1, -0.05) is 56.3 Å². The number of aromatic nitrogens is 1. The number of benzene rings is 2. The van der Waals surface area contributed by atoms with Crippen LogP contribution < -0.4 is 10.6 Å². The number of Topliss-reactive ketones (excluding diaryl/α,β-unsaturated/α-hetero) is 1. The number of fused-ring (bicyclic) bond motifs is 1. The van der Waals surface area contributed by atoms with E-state index in [2.05, 4.69) is 15.6 Å². The van der Waals surface area contributed by atoms with E-state index < -0.39 is 23.8 Å². The summed E-state index contributed by atoms with van der Waals surface area (Å²) in [4.78, 5) is 45.8. The number of amides is 3. The highest BCUT2D eigenvalue weighted by Gasteiger charge is 2.31. The van der Waals surface area contributed by atoms with Crippen LogP contribution in [-0.4, -0.2) is 66.0 Å². The van der Waals surface area contributed by atoms with Gasteiger partial charge in [0.15, 0.2) is 5.58 Å². The fourth-order valence-corrected chi connectivity index (χ4v) is 4.33. The maximum atomic E-state index is 13.5. The number of carbonyl (C=O) groups is 3. The zero-order chi connectivity index (χ0) is 26.2. The number of rotatable bonds is 10. The van der Waals surface area contributed by atoms with Crippen molar-refractivity contribution >= 4 is 28.8 Å². The van der Waals surface area contributed by atoms with E-state index in [1.807, 2.05) is 56.3 Å². The molecule has 3 aromatic rings. The molecule has 2 atom stereocenters. The molecule has 0 saturated carbocycles. The normalized spacial score (nSPS) is 15.4. The van der Waals surface area contributed by atoms with Crippen molar-refractivity contribution in [2.45, 2.75) is 45.2 Å². The molecule has 0 spiro atoms. The molecule has 9 heteroatoms. The summed E-state index contributed by atoms with van der Waals surface area (Å²) in [5.74, 6) is -0.699. The Morgan fingerprint density at radius 2 is 1.65 bits per heavy atom. The van der Waals surface area contributed by atoms with Crippen molar-refractivity contribution < 1.29 is 23.5 Å². The number of oxazole rings is 1. The van der Waals surface area contributed by atoms with Crippen molar-refractivity contribution in [2.75, 3.05) is 26.3 Å². The number of para-hydroxylation sites is 2. The topological polar surface area (TPSA) is 114 Å². The predicted octanol–water partition coefficient (Wildman–Crippen LogP) is 3.58. The number of aryl methyl sites for hydroxylation is 1. The number of ketones is 1. The minimum Gasteiger partial charge on any atom is -0.434 e. The van der Waals surface area contributed by atoms with E-state index in [0.717, 1.165) is 5.56 Å². The Morgan fingerprint density at radius 1 is 0.946 bits per heavy atom. The summed E-state index contributed by atoms with van der Waals surface area (Å²) >= 11 is 0. The highest BCUT2D eigenvalue weighted by atomic mass is 16.5. The molecular weight excluding hydrogens is 472 g/mol. The number of hydrogen-bond acceptors (Lipinski definition) is 6. The molecule has 4 rings (SSSR count). The summed E-state index contributed by atoms with van der Waals surface area (Å²) in [7, 11) is 0. The van der Waals surface area contributed by atoms with Crippen LogP contribution in [0.5, 0.6) is 0 Å². The summed E-state index contributed by atoms with van der Waals surface area (Å²) < 4.78 is 11.0. The number of nitrogens with one attached hydrogen (secondary N) is 2. The lowest BCUT2D eigenvalue weighted by Gasteiger charge is -2.30. The molecule has 0 bridgehead atoms. The van der Waals surface area contributed by atoms with Gasteiger partial charge in [0.05, 0.1) is 19.3 Å². The second-order valence-corrected chi connectivity index (χ2v) is 9.67. The van der Waals surface area contributed by atoms with Gasteiger partial charge >= 0.3 is 6.03 Å². The molecule has 0 radical (unpaired) electrons. The van der Waals surface area contributed by atoms with Gasteiger partial charge in [-0.15, -0.1) is 0 Å². The molecular formula is C28H34N4O5. The highest BCUT2D eigenvalue weighted by molar-refractivity contribution is 6.00. The average Bonchev–Trinajstić information content (AvgIpc) is 3.35. The molecule has 1 aliphatic rings. The Kier molecular flexibility index (Phi) is 8.90. The third kappa shape index (κ3) is 7.16. The number of urea groups is 1. The third-order valence-corrected chi connectivity index (χ3v) is 6.32. The van der Waals surface area contributed by atoms with Crippen molar-refractivity contribution in [2.24, 2.45) is 5.92 Å². The van der Waals surface area contributed by atoms with E-state index in [4.69, 9.17) is 9.15 Å². The van der Waals surface area contributed by atoms with E-state index in [-0.39, 0.29) is 17.8 Å². The molecule has 1 saturated heterocycles. The van der Waals surface area contributed by atoms with E-state index >= 15 is 0 Å². The Bertz CT molecular complexity index is 1170. The van der Waals surface area contributed by atoms with E-state index in [9.17, 15) is 14.4 Å². The van der Waals surface area contributed by atoms with Crippen molar-refractivity contribution in [3.63, 3.8) is 0 Å². The van der Waals surface area contributed by atoms with Gasteiger partial charge in [0.25, 0.3) is 5.89 Å². The van der Waals surface area contributed by atoms with Crippen molar-refractivity contribution in [1.82, 2.24) is 20.5 Å². The summed E-state index contributed by atoms with van der Waals surface area (Å²) in [5, 5.41) is 5.76. The maximum Gasteiger partial charge on any atom is 0.318 e. The Balaban J connectivity index is 1.52. The molecule has 1 aliphatic heterocycles. The molecule has 1 aromatic heterocycles. The second kappa shape index (κ2) is 12.5. The van der Waals surface area contributed by atoms with Gasteiger partial charge in [0.2, 0.25) is 11.7 Å². The predicted molar refractivity (Wildman–Crippen MR) is 139 cm³/mol. The van der Waals surface area contributed by atoms with Crippen molar-refractivity contribution in [3.05, 3.63) is 66.1 Å². The molecule has 196 valence electrons. The number of nitrogens with zero attached hydrogens (tertiary/aromatic N) is 2. The van der Waals surface area contributed by atoms with Crippen LogP contribution in [0.15, 0.2) is 59.0 Å². The van der Waals surface area contributed by atoms with E-state index in [0.29, 0.717) is 56.7 Å². The molecule has 1 fully saturated rings. The quantitative estimate of drug-likeness (QED) is 0.406. The van der Waals surface area contributed by atoms with Crippen molar-refractivity contribution in [3.8, 4) is 0 Å². The summed E-state index contributed by atoms with van der Waals surface area (Å²) in [6.45, 7) is 5.84.